The highest BCUT2D eigenvalue weighted by molar-refractivity contribution is 5.91. The Bertz CT molecular complexity index is 784. The van der Waals surface area contributed by atoms with Crippen LogP contribution in [0.2, 0.25) is 0 Å². The molecule has 6 nitrogen and oxygen atoms in total. The summed E-state index contributed by atoms with van der Waals surface area (Å²) in [7, 11) is 0. The highest BCUT2D eigenvalue weighted by atomic mass is 16.5. The van der Waals surface area contributed by atoms with Crippen molar-refractivity contribution in [2.45, 2.75) is 64.8 Å². The lowest BCUT2D eigenvalue weighted by atomic mass is 9.98. The normalized spacial score (nSPS) is 20.8. The number of aromatic nitrogens is 1. The van der Waals surface area contributed by atoms with Crippen molar-refractivity contribution in [3.8, 4) is 0 Å². The molecule has 2 aliphatic heterocycles. The second-order valence-electron chi connectivity index (χ2n) is 8.23. The summed E-state index contributed by atoms with van der Waals surface area (Å²) >= 11 is 0. The maximum atomic E-state index is 13.1. The summed E-state index contributed by atoms with van der Waals surface area (Å²) in [5, 5.41) is 3.99. The fourth-order valence-corrected chi connectivity index (χ4v) is 4.56. The number of furan rings is 1. The summed E-state index contributed by atoms with van der Waals surface area (Å²) in [5.74, 6) is 2.08. The summed E-state index contributed by atoms with van der Waals surface area (Å²) < 4.78 is 11.2. The van der Waals surface area contributed by atoms with Crippen molar-refractivity contribution < 1.29 is 13.7 Å². The van der Waals surface area contributed by atoms with Gasteiger partial charge in [-0.25, -0.2) is 0 Å². The average Bonchev–Trinajstić information content (AvgIpc) is 3.45. The molecule has 0 aromatic carbocycles. The van der Waals surface area contributed by atoms with Gasteiger partial charge in [0.1, 0.15) is 11.5 Å². The monoisotopic (exact) mass is 385 g/mol. The van der Waals surface area contributed by atoms with E-state index in [1.807, 2.05) is 26.0 Å². The van der Waals surface area contributed by atoms with Crippen molar-refractivity contribution in [1.82, 2.24) is 15.0 Å². The molecular weight excluding hydrogens is 354 g/mol. The van der Waals surface area contributed by atoms with Crippen LogP contribution in [-0.2, 0) is 6.42 Å². The molecule has 0 N–H and O–H groups in total. The molecule has 4 rings (SSSR count). The number of aryl methyl sites for hydroxylation is 2. The van der Waals surface area contributed by atoms with Crippen molar-refractivity contribution in [1.29, 1.82) is 0 Å². The fraction of sp³-hybridized carbons (Fsp3) is 0.636. The molecule has 0 spiro atoms. The average molecular weight is 386 g/mol. The fourth-order valence-electron chi connectivity index (χ4n) is 4.56. The van der Waals surface area contributed by atoms with E-state index in [1.54, 1.807) is 0 Å². The van der Waals surface area contributed by atoms with Crippen molar-refractivity contribution in [3.05, 3.63) is 40.7 Å². The smallest absolute Gasteiger partial charge is 0.289 e. The minimum absolute atomic E-state index is 0.0381. The molecule has 2 saturated heterocycles. The minimum atomic E-state index is 0.0381. The van der Waals surface area contributed by atoms with Crippen molar-refractivity contribution in [3.63, 3.8) is 0 Å². The molecule has 28 heavy (non-hydrogen) atoms. The molecule has 2 aliphatic rings. The summed E-state index contributed by atoms with van der Waals surface area (Å²) in [6.07, 6.45) is 7.70. The van der Waals surface area contributed by atoms with E-state index in [9.17, 15) is 4.79 Å². The minimum Gasteiger partial charge on any atom is -0.456 e. The first-order valence-corrected chi connectivity index (χ1v) is 10.7. The molecule has 1 amide bonds. The van der Waals surface area contributed by atoms with Crippen LogP contribution in [0.4, 0.5) is 0 Å². The Labute approximate surface area is 166 Å². The third kappa shape index (κ3) is 4.17. The van der Waals surface area contributed by atoms with Gasteiger partial charge >= 0.3 is 0 Å². The Morgan fingerprint density at radius 1 is 1.14 bits per heavy atom. The van der Waals surface area contributed by atoms with Gasteiger partial charge in [0.25, 0.3) is 5.91 Å². The lowest BCUT2D eigenvalue weighted by Crippen LogP contribution is -2.45. The van der Waals surface area contributed by atoms with Crippen LogP contribution < -0.4 is 0 Å². The van der Waals surface area contributed by atoms with Crippen LogP contribution >= 0.6 is 0 Å². The van der Waals surface area contributed by atoms with Crippen molar-refractivity contribution in [2.24, 2.45) is 0 Å². The molecule has 2 aromatic rings. The van der Waals surface area contributed by atoms with Gasteiger partial charge < -0.3 is 18.7 Å². The van der Waals surface area contributed by atoms with Gasteiger partial charge in [-0.05, 0) is 77.6 Å². The predicted octanol–water partition coefficient (Wildman–Crippen LogP) is 3.96. The summed E-state index contributed by atoms with van der Waals surface area (Å²) in [6, 6.07) is 4.06. The van der Waals surface area contributed by atoms with Gasteiger partial charge in [-0.2, -0.15) is 0 Å². The quantitative estimate of drug-likeness (QED) is 0.753. The second kappa shape index (κ2) is 8.52. The van der Waals surface area contributed by atoms with Crippen LogP contribution in [0.5, 0.6) is 0 Å². The molecule has 4 heterocycles. The molecule has 0 unspecified atom stereocenters. The summed E-state index contributed by atoms with van der Waals surface area (Å²) in [5.41, 5.74) is 1.91. The van der Waals surface area contributed by atoms with Crippen molar-refractivity contribution >= 4 is 5.91 Å². The van der Waals surface area contributed by atoms with Crippen LogP contribution in [0.1, 0.15) is 71.9 Å². The third-order valence-electron chi connectivity index (χ3n) is 6.27. The maximum absolute atomic E-state index is 13.1. The maximum Gasteiger partial charge on any atom is 0.289 e. The first-order valence-electron chi connectivity index (χ1n) is 10.7. The number of hydrogen-bond acceptors (Lipinski definition) is 5. The molecule has 0 bridgehead atoms. The highest BCUT2D eigenvalue weighted by Gasteiger charge is 2.29. The van der Waals surface area contributed by atoms with Crippen LogP contribution in [0.3, 0.4) is 0 Å². The van der Waals surface area contributed by atoms with E-state index in [1.165, 1.54) is 32.4 Å². The lowest BCUT2D eigenvalue weighted by molar-refractivity contribution is 0.0554. The van der Waals surface area contributed by atoms with E-state index < -0.39 is 0 Å². The molecule has 0 radical (unpaired) electrons. The van der Waals surface area contributed by atoms with Gasteiger partial charge in [0.05, 0.1) is 5.69 Å². The van der Waals surface area contributed by atoms with Crippen LogP contribution in [-0.4, -0.2) is 53.1 Å². The first kappa shape index (κ1) is 19.2. The van der Waals surface area contributed by atoms with Gasteiger partial charge in [0, 0.05) is 31.1 Å². The number of rotatable bonds is 6. The number of nitrogens with zero attached hydrogens (tertiary/aromatic N) is 3. The largest absolute Gasteiger partial charge is 0.456 e. The van der Waals surface area contributed by atoms with E-state index in [-0.39, 0.29) is 5.91 Å². The zero-order valence-corrected chi connectivity index (χ0v) is 17.1. The molecular formula is C22H31N3O3. The molecule has 2 aromatic heterocycles. The zero-order valence-electron chi connectivity index (χ0n) is 17.1. The number of hydrogen-bond donors (Lipinski definition) is 0. The number of likely N-dealkylation sites (tertiary alicyclic amines) is 2. The third-order valence-corrected chi connectivity index (χ3v) is 6.27. The topological polar surface area (TPSA) is 62.7 Å². The van der Waals surface area contributed by atoms with Gasteiger partial charge in [-0.3, -0.25) is 4.79 Å². The van der Waals surface area contributed by atoms with Gasteiger partial charge in [-0.1, -0.05) is 5.16 Å². The Hall–Kier alpha value is -2.08. The Morgan fingerprint density at radius 3 is 2.68 bits per heavy atom. The number of piperidine rings is 1. The van der Waals surface area contributed by atoms with Gasteiger partial charge in [-0.15, -0.1) is 0 Å². The molecule has 1 atom stereocenters. The van der Waals surface area contributed by atoms with Gasteiger partial charge in [0.15, 0.2) is 5.76 Å². The number of carbonyl (C=O) groups is 1. The van der Waals surface area contributed by atoms with Crippen LogP contribution in [0.25, 0.3) is 0 Å². The Balaban J connectivity index is 1.41. The van der Waals surface area contributed by atoms with E-state index in [4.69, 9.17) is 8.94 Å². The highest BCUT2D eigenvalue weighted by Crippen LogP contribution is 2.25. The van der Waals surface area contributed by atoms with Crippen LogP contribution in [0, 0.1) is 13.8 Å². The molecule has 0 saturated carbocycles. The first-order chi connectivity index (χ1) is 13.6. The molecule has 0 aliphatic carbocycles. The lowest BCUT2D eigenvalue weighted by Gasteiger charge is -2.36. The van der Waals surface area contributed by atoms with E-state index in [0.717, 1.165) is 55.1 Å². The van der Waals surface area contributed by atoms with Crippen molar-refractivity contribution in [2.75, 3.05) is 26.2 Å². The standard InChI is InChI=1S/C22H31N3O3/c1-16-20(17(2)28-23-16)15-19-8-9-21(27-19)22(26)25-13-4-3-7-18(25)10-14-24-11-5-6-12-24/h8-9,18H,3-7,10-15H2,1-2H3/t18-/m0/s1. The van der Waals surface area contributed by atoms with E-state index in [2.05, 4.69) is 15.0 Å². The SMILES string of the molecule is Cc1noc(C)c1Cc1ccc(C(=O)N2CCCC[C@H]2CCN2CCCC2)o1. The molecule has 6 heteroatoms. The number of amides is 1. The Kier molecular flexibility index (Phi) is 5.85. The Morgan fingerprint density at radius 2 is 1.93 bits per heavy atom. The van der Waals surface area contributed by atoms with E-state index in [0.29, 0.717) is 18.2 Å². The molecule has 2 fully saturated rings. The summed E-state index contributed by atoms with van der Waals surface area (Å²) in [6.45, 7) is 8.20. The number of carbonyl (C=O) groups excluding carboxylic acids is 1. The van der Waals surface area contributed by atoms with Gasteiger partial charge in [0.2, 0.25) is 0 Å². The zero-order chi connectivity index (χ0) is 19.5. The predicted molar refractivity (Wildman–Crippen MR) is 106 cm³/mol. The van der Waals surface area contributed by atoms with E-state index >= 15 is 0 Å². The summed E-state index contributed by atoms with van der Waals surface area (Å²) in [4.78, 5) is 17.7. The van der Waals surface area contributed by atoms with Crippen LogP contribution in [0.15, 0.2) is 21.1 Å². The molecule has 152 valence electrons. The second-order valence-corrected chi connectivity index (χ2v) is 8.23.